The normalized spacial score (nSPS) is 10.8. The average Bonchev–Trinajstić information content (AvgIpc) is 3.09. The summed E-state index contributed by atoms with van der Waals surface area (Å²) in [6.07, 6.45) is 2.88. The SMILES string of the molecule is O=C(/C=C/c1ccc(-c2ccccc2Cl)o1)Nc1ccc(C(=O)O)cc1. The zero-order valence-electron chi connectivity index (χ0n) is 13.5. The topological polar surface area (TPSA) is 79.5 Å². The number of nitrogens with one attached hydrogen (secondary N) is 1. The van der Waals surface area contributed by atoms with Gasteiger partial charge in [-0.3, -0.25) is 4.79 Å². The number of carboxylic acids is 1. The molecule has 2 N–H and O–H groups in total. The van der Waals surface area contributed by atoms with E-state index in [0.29, 0.717) is 22.2 Å². The zero-order chi connectivity index (χ0) is 18.5. The molecule has 0 unspecified atom stereocenters. The standard InChI is InChI=1S/C20H14ClNO4/c21-17-4-2-1-3-16(17)18-11-9-15(26-18)10-12-19(23)22-14-7-5-13(6-8-14)20(24)25/h1-12H,(H,22,23)(H,24,25)/b12-10+. The van der Waals surface area contributed by atoms with E-state index >= 15 is 0 Å². The molecule has 0 aliphatic carbocycles. The van der Waals surface area contributed by atoms with E-state index in [9.17, 15) is 9.59 Å². The molecule has 26 heavy (non-hydrogen) atoms. The Hall–Kier alpha value is -3.31. The van der Waals surface area contributed by atoms with Gasteiger partial charge in [-0.2, -0.15) is 0 Å². The molecule has 0 fully saturated rings. The van der Waals surface area contributed by atoms with Gasteiger partial charge in [0.2, 0.25) is 5.91 Å². The van der Waals surface area contributed by atoms with Crippen LogP contribution in [0.25, 0.3) is 17.4 Å². The number of anilines is 1. The summed E-state index contributed by atoms with van der Waals surface area (Å²) in [5, 5.41) is 12.1. The van der Waals surface area contributed by atoms with Crippen molar-refractivity contribution in [3.8, 4) is 11.3 Å². The van der Waals surface area contributed by atoms with Crippen molar-refractivity contribution in [3.05, 3.63) is 83.1 Å². The van der Waals surface area contributed by atoms with Crippen molar-refractivity contribution in [2.24, 2.45) is 0 Å². The summed E-state index contributed by atoms with van der Waals surface area (Å²) >= 11 is 6.14. The summed E-state index contributed by atoms with van der Waals surface area (Å²) in [5.74, 6) is -0.255. The van der Waals surface area contributed by atoms with Gasteiger partial charge in [0, 0.05) is 17.3 Å². The highest BCUT2D eigenvalue weighted by Gasteiger charge is 2.07. The molecule has 0 bridgehead atoms. The number of hydrogen-bond acceptors (Lipinski definition) is 3. The second-order valence-electron chi connectivity index (χ2n) is 5.39. The molecule has 0 spiro atoms. The molecule has 1 heterocycles. The van der Waals surface area contributed by atoms with Crippen molar-refractivity contribution in [1.29, 1.82) is 0 Å². The second kappa shape index (κ2) is 7.72. The predicted molar refractivity (Wildman–Crippen MR) is 100 cm³/mol. The van der Waals surface area contributed by atoms with Crippen LogP contribution in [0.1, 0.15) is 16.1 Å². The predicted octanol–water partition coefficient (Wildman–Crippen LogP) is 4.95. The fraction of sp³-hybridized carbons (Fsp3) is 0. The number of carbonyl (C=O) groups excluding carboxylic acids is 1. The van der Waals surface area contributed by atoms with E-state index in [0.717, 1.165) is 5.56 Å². The monoisotopic (exact) mass is 367 g/mol. The lowest BCUT2D eigenvalue weighted by atomic mass is 10.2. The third kappa shape index (κ3) is 4.20. The van der Waals surface area contributed by atoms with Crippen LogP contribution in [-0.4, -0.2) is 17.0 Å². The van der Waals surface area contributed by atoms with Crippen LogP contribution >= 0.6 is 11.6 Å². The Morgan fingerprint density at radius 2 is 1.73 bits per heavy atom. The lowest BCUT2D eigenvalue weighted by Crippen LogP contribution is -2.07. The fourth-order valence-corrected chi connectivity index (χ4v) is 2.51. The molecule has 1 amide bonds. The number of halogens is 1. The maximum absolute atomic E-state index is 12.0. The molecule has 3 rings (SSSR count). The molecule has 1 aromatic heterocycles. The molecule has 6 heteroatoms. The molecule has 0 aliphatic rings. The van der Waals surface area contributed by atoms with Gasteiger partial charge in [0.1, 0.15) is 11.5 Å². The van der Waals surface area contributed by atoms with Crippen molar-refractivity contribution in [3.63, 3.8) is 0 Å². The summed E-state index contributed by atoms with van der Waals surface area (Å²) in [6, 6.07) is 16.7. The number of carboxylic acid groups (broad SMARTS) is 1. The van der Waals surface area contributed by atoms with Crippen molar-refractivity contribution >= 4 is 35.2 Å². The van der Waals surface area contributed by atoms with Crippen LogP contribution in [0.5, 0.6) is 0 Å². The number of aromatic carboxylic acids is 1. The third-order valence-corrected chi connectivity index (χ3v) is 3.89. The molecule has 0 saturated carbocycles. The molecule has 2 aromatic carbocycles. The fourth-order valence-electron chi connectivity index (χ4n) is 2.29. The summed E-state index contributed by atoms with van der Waals surface area (Å²) in [5.41, 5.74) is 1.43. The van der Waals surface area contributed by atoms with Gasteiger partial charge in [-0.1, -0.05) is 23.7 Å². The Morgan fingerprint density at radius 3 is 2.42 bits per heavy atom. The van der Waals surface area contributed by atoms with Gasteiger partial charge >= 0.3 is 5.97 Å². The van der Waals surface area contributed by atoms with Gasteiger partial charge in [0.25, 0.3) is 0 Å². The van der Waals surface area contributed by atoms with E-state index in [4.69, 9.17) is 21.1 Å². The smallest absolute Gasteiger partial charge is 0.335 e. The maximum atomic E-state index is 12.0. The van der Waals surface area contributed by atoms with Gasteiger partial charge in [-0.05, 0) is 54.6 Å². The van der Waals surface area contributed by atoms with Gasteiger partial charge in [0.15, 0.2) is 0 Å². The number of amides is 1. The summed E-state index contributed by atoms with van der Waals surface area (Å²) in [6.45, 7) is 0. The van der Waals surface area contributed by atoms with Gasteiger partial charge in [-0.15, -0.1) is 0 Å². The minimum absolute atomic E-state index is 0.154. The van der Waals surface area contributed by atoms with E-state index < -0.39 is 5.97 Å². The van der Waals surface area contributed by atoms with E-state index in [2.05, 4.69) is 5.32 Å². The lowest BCUT2D eigenvalue weighted by molar-refractivity contribution is -0.111. The van der Waals surface area contributed by atoms with Gasteiger partial charge in [-0.25, -0.2) is 4.79 Å². The van der Waals surface area contributed by atoms with E-state index in [1.54, 1.807) is 24.3 Å². The van der Waals surface area contributed by atoms with E-state index in [-0.39, 0.29) is 11.5 Å². The van der Waals surface area contributed by atoms with Crippen LogP contribution in [0.4, 0.5) is 5.69 Å². The first-order valence-electron chi connectivity index (χ1n) is 7.70. The minimum atomic E-state index is -1.02. The molecule has 3 aromatic rings. The van der Waals surface area contributed by atoms with Gasteiger partial charge in [0.05, 0.1) is 10.6 Å². The number of benzene rings is 2. The molecular weight excluding hydrogens is 354 g/mol. The molecule has 0 radical (unpaired) electrons. The number of rotatable bonds is 5. The Morgan fingerprint density at radius 1 is 1.00 bits per heavy atom. The molecule has 0 saturated heterocycles. The van der Waals surface area contributed by atoms with E-state index in [1.165, 1.54) is 30.3 Å². The Kier molecular flexibility index (Phi) is 5.20. The van der Waals surface area contributed by atoms with Crippen molar-refractivity contribution < 1.29 is 19.1 Å². The highest BCUT2D eigenvalue weighted by atomic mass is 35.5. The quantitative estimate of drug-likeness (QED) is 0.625. The molecule has 130 valence electrons. The summed E-state index contributed by atoms with van der Waals surface area (Å²) in [4.78, 5) is 22.8. The molecule has 0 atom stereocenters. The van der Waals surface area contributed by atoms with Crippen LogP contribution < -0.4 is 5.32 Å². The third-order valence-electron chi connectivity index (χ3n) is 3.56. The zero-order valence-corrected chi connectivity index (χ0v) is 14.2. The van der Waals surface area contributed by atoms with Gasteiger partial charge < -0.3 is 14.8 Å². The van der Waals surface area contributed by atoms with Crippen LogP contribution in [0.2, 0.25) is 5.02 Å². The summed E-state index contributed by atoms with van der Waals surface area (Å²) in [7, 11) is 0. The Balaban J connectivity index is 1.65. The van der Waals surface area contributed by atoms with Crippen LogP contribution in [-0.2, 0) is 4.79 Å². The van der Waals surface area contributed by atoms with Crippen LogP contribution in [0.3, 0.4) is 0 Å². The number of hydrogen-bond donors (Lipinski definition) is 2. The lowest BCUT2D eigenvalue weighted by Gasteiger charge is -2.02. The number of carbonyl (C=O) groups is 2. The largest absolute Gasteiger partial charge is 0.478 e. The first-order chi connectivity index (χ1) is 12.5. The van der Waals surface area contributed by atoms with E-state index in [1.807, 2.05) is 18.2 Å². The number of furan rings is 1. The molecule has 5 nitrogen and oxygen atoms in total. The van der Waals surface area contributed by atoms with Crippen LogP contribution in [0, 0.1) is 0 Å². The van der Waals surface area contributed by atoms with Crippen molar-refractivity contribution in [2.75, 3.05) is 5.32 Å². The first kappa shape index (κ1) is 17.5. The first-order valence-corrected chi connectivity index (χ1v) is 8.08. The highest BCUT2D eigenvalue weighted by Crippen LogP contribution is 2.29. The molecular formula is C20H14ClNO4. The second-order valence-corrected chi connectivity index (χ2v) is 5.79. The van der Waals surface area contributed by atoms with Crippen molar-refractivity contribution in [1.82, 2.24) is 0 Å². The van der Waals surface area contributed by atoms with Crippen LogP contribution in [0.15, 0.2) is 71.2 Å². The summed E-state index contributed by atoms with van der Waals surface area (Å²) < 4.78 is 5.68. The minimum Gasteiger partial charge on any atom is -0.478 e. The average molecular weight is 368 g/mol. The highest BCUT2D eigenvalue weighted by molar-refractivity contribution is 6.33. The Bertz CT molecular complexity index is 973. The Labute approximate surface area is 154 Å². The van der Waals surface area contributed by atoms with Crippen molar-refractivity contribution in [2.45, 2.75) is 0 Å². The maximum Gasteiger partial charge on any atom is 0.335 e. The molecule has 0 aliphatic heterocycles.